The lowest BCUT2D eigenvalue weighted by atomic mass is 9.92. The Balaban J connectivity index is 1.32. The Labute approximate surface area is 200 Å². The maximum atomic E-state index is 13.1. The van der Waals surface area contributed by atoms with Crippen molar-refractivity contribution >= 4 is 22.5 Å². The number of hydrogen-bond acceptors (Lipinski definition) is 7. The highest BCUT2D eigenvalue weighted by molar-refractivity contribution is 7.10. The number of nitrogens with one attached hydrogen (secondary N) is 1. The van der Waals surface area contributed by atoms with Gasteiger partial charge in [-0.05, 0) is 81.2 Å². The van der Waals surface area contributed by atoms with E-state index in [1.165, 1.54) is 17.1 Å². The van der Waals surface area contributed by atoms with Crippen molar-refractivity contribution in [3.05, 3.63) is 41.6 Å². The molecule has 3 aromatic rings. The fourth-order valence-corrected chi connectivity index (χ4v) is 5.68. The van der Waals surface area contributed by atoms with Crippen LogP contribution in [-0.4, -0.2) is 38.3 Å². The molecule has 2 aliphatic rings. The zero-order chi connectivity index (χ0) is 24.0. The van der Waals surface area contributed by atoms with Gasteiger partial charge >= 0.3 is 12.2 Å². The van der Waals surface area contributed by atoms with Crippen molar-refractivity contribution in [2.75, 3.05) is 23.3 Å². The van der Waals surface area contributed by atoms with Crippen LogP contribution in [0.5, 0.6) is 11.8 Å². The van der Waals surface area contributed by atoms with E-state index in [-0.39, 0.29) is 23.8 Å². The second-order valence-electron chi connectivity index (χ2n) is 9.36. The largest absolute Gasteiger partial charge is 0.424 e. The molecule has 1 aliphatic carbocycles. The molecule has 1 saturated heterocycles. The Hall–Kier alpha value is -2.82. The maximum absolute atomic E-state index is 13.1. The molecule has 0 spiro atoms. The van der Waals surface area contributed by atoms with Crippen molar-refractivity contribution in [1.82, 2.24) is 19.1 Å². The monoisotopic (exact) mass is 492 g/mol. The van der Waals surface area contributed by atoms with Crippen LogP contribution < -0.4 is 15.0 Å². The average molecular weight is 493 g/mol. The number of piperidine rings is 1. The SMILES string of the molecule is Cc1cc(N2C[C@H]3CC[C@@H](C2)[C@@H]3Nc2nc(Oc3cccc(C(F)(F)F)c3)n(C(C)C)n2)sn1. The molecular weight excluding hydrogens is 465 g/mol. The normalized spacial score (nSPS) is 22.4. The fraction of sp³-hybridized carbons (Fsp3) is 0.522. The van der Waals surface area contributed by atoms with Gasteiger partial charge < -0.3 is 15.0 Å². The van der Waals surface area contributed by atoms with Gasteiger partial charge in [0.2, 0.25) is 5.95 Å². The predicted molar refractivity (Wildman–Crippen MR) is 125 cm³/mol. The molecule has 3 atom stereocenters. The summed E-state index contributed by atoms with van der Waals surface area (Å²) in [5, 5.41) is 9.30. The highest BCUT2D eigenvalue weighted by atomic mass is 32.1. The van der Waals surface area contributed by atoms with Gasteiger partial charge in [0.15, 0.2) is 0 Å². The molecule has 1 N–H and O–H groups in total. The molecule has 1 aromatic carbocycles. The molecule has 11 heteroatoms. The molecule has 1 saturated carbocycles. The first-order valence-corrected chi connectivity index (χ1v) is 12.2. The van der Waals surface area contributed by atoms with Gasteiger partial charge in [-0.25, -0.2) is 4.68 Å². The molecule has 0 amide bonds. The number of benzene rings is 1. The highest BCUT2D eigenvalue weighted by Gasteiger charge is 2.43. The zero-order valence-corrected chi connectivity index (χ0v) is 20.0. The lowest BCUT2D eigenvalue weighted by Gasteiger charge is -2.38. The van der Waals surface area contributed by atoms with Crippen molar-refractivity contribution in [3.8, 4) is 11.8 Å². The molecule has 182 valence electrons. The van der Waals surface area contributed by atoms with Gasteiger partial charge in [-0.2, -0.15) is 22.5 Å². The molecule has 0 unspecified atom stereocenters. The summed E-state index contributed by atoms with van der Waals surface area (Å²) in [6.45, 7) is 7.77. The summed E-state index contributed by atoms with van der Waals surface area (Å²) in [5.41, 5.74) is 0.280. The first kappa shape index (κ1) is 22.9. The van der Waals surface area contributed by atoms with Gasteiger partial charge in [-0.1, -0.05) is 6.07 Å². The van der Waals surface area contributed by atoms with Gasteiger partial charge in [0, 0.05) is 19.1 Å². The number of ether oxygens (including phenoxy) is 1. The van der Waals surface area contributed by atoms with Gasteiger partial charge in [0.05, 0.1) is 17.3 Å². The van der Waals surface area contributed by atoms with E-state index in [0.29, 0.717) is 17.8 Å². The number of anilines is 2. The van der Waals surface area contributed by atoms with Gasteiger partial charge in [0.25, 0.3) is 0 Å². The summed E-state index contributed by atoms with van der Waals surface area (Å²) >= 11 is 1.55. The molecule has 7 nitrogen and oxygen atoms in total. The number of rotatable bonds is 6. The number of alkyl halides is 3. The topological polar surface area (TPSA) is 68.1 Å². The minimum atomic E-state index is -4.44. The molecule has 2 aromatic heterocycles. The van der Waals surface area contributed by atoms with E-state index in [4.69, 9.17) is 4.74 Å². The van der Waals surface area contributed by atoms with Crippen molar-refractivity contribution in [2.45, 2.75) is 51.9 Å². The fourth-order valence-electron chi connectivity index (χ4n) is 4.90. The number of aromatic nitrogens is 4. The Bertz CT molecular complexity index is 1150. The van der Waals surface area contributed by atoms with Crippen LogP contribution in [0.2, 0.25) is 0 Å². The summed E-state index contributed by atoms with van der Waals surface area (Å²) < 4.78 is 51.0. The first-order valence-electron chi connectivity index (χ1n) is 11.4. The number of aryl methyl sites for hydroxylation is 1. The number of fused-ring (bicyclic) bond motifs is 2. The van der Waals surface area contributed by atoms with Gasteiger partial charge in [-0.15, -0.1) is 5.10 Å². The molecule has 34 heavy (non-hydrogen) atoms. The van der Waals surface area contributed by atoms with E-state index in [1.54, 1.807) is 16.2 Å². The molecule has 3 heterocycles. The summed E-state index contributed by atoms with van der Waals surface area (Å²) in [4.78, 5) is 6.93. The Morgan fingerprint density at radius 3 is 2.50 bits per heavy atom. The zero-order valence-electron chi connectivity index (χ0n) is 19.2. The standard InChI is InChI=1S/C23H27F3N6OS/c1-13(2)32-22(33-18-6-4-5-17(10-18)23(24,25)26)28-21(29-32)27-20-15-7-8-16(20)12-31(11-15)19-9-14(3)30-34-19/h4-6,9-10,13,15-16,20H,7-8,11-12H2,1-3H3,(H,27,29)/t15-,16+,20-. The second-order valence-corrected chi connectivity index (χ2v) is 10.1. The molecule has 0 radical (unpaired) electrons. The molecule has 2 fully saturated rings. The molecule has 1 aliphatic heterocycles. The number of halogens is 3. The Morgan fingerprint density at radius 1 is 1.15 bits per heavy atom. The predicted octanol–water partition coefficient (Wildman–Crippen LogP) is 5.76. The maximum Gasteiger partial charge on any atom is 0.416 e. The van der Waals surface area contributed by atoms with Gasteiger partial charge in [-0.3, -0.25) is 0 Å². The Morgan fingerprint density at radius 2 is 1.88 bits per heavy atom. The van der Waals surface area contributed by atoms with Crippen LogP contribution in [0.4, 0.5) is 24.1 Å². The minimum absolute atomic E-state index is 0.0722. The van der Waals surface area contributed by atoms with Crippen LogP contribution in [0.1, 0.15) is 44.0 Å². The second kappa shape index (κ2) is 8.75. The van der Waals surface area contributed by atoms with Crippen molar-refractivity contribution in [2.24, 2.45) is 11.8 Å². The van der Waals surface area contributed by atoms with Crippen molar-refractivity contribution in [3.63, 3.8) is 0 Å². The van der Waals surface area contributed by atoms with Crippen LogP contribution in [-0.2, 0) is 6.18 Å². The summed E-state index contributed by atoms with van der Waals surface area (Å²) in [7, 11) is 0. The van der Waals surface area contributed by atoms with Crippen LogP contribution in [0, 0.1) is 18.8 Å². The third kappa shape index (κ3) is 4.57. The third-order valence-corrected chi connectivity index (χ3v) is 7.46. The van der Waals surface area contributed by atoms with E-state index in [9.17, 15) is 13.2 Å². The lowest BCUT2D eigenvalue weighted by Crippen LogP contribution is -2.48. The van der Waals surface area contributed by atoms with Gasteiger partial charge in [0.1, 0.15) is 10.8 Å². The van der Waals surface area contributed by atoms with E-state index >= 15 is 0 Å². The van der Waals surface area contributed by atoms with Crippen molar-refractivity contribution in [1.29, 1.82) is 0 Å². The van der Waals surface area contributed by atoms with Crippen LogP contribution >= 0.6 is 11.5 Å². The lowest BCUT2D eigenvalue weighted by molar-refractivity contribution is -0.137. The number of nitrogens with zero attached hydrogens (tertiary/aromatic N) is 5. The van der Waals surface area contributed by atoms with Crippen LogP contribution in [0.25, 0.3) is 0 Å². The van der Waals surface area contributed by atoms with Crippen LogP contribution in [0.15, 0.2) is 30.3 Å². The molecular formula is C23H27F3N6OS. The quantitative estimate of drug-likeness (QED) is 0.472. The number of hydrogen-bond donors (Lipinski definition) is 1. The summed E-state index contributed by atoms with van der Waals surface area (Å²) in [6, 6.07) is 7.28. The summed E-state index contributed by atoms with van der Waals surface area (Å²) in [5.74, 6) is 1.43. The van der Waals surface area contributed by atoms with E-state index in [1.807, 2.05) is 20.8 Å². The summed E-state index contributed by atoms with van der Waals surface area (Å²) in [6.07, 6.45) is -2.17. The first-order chi connectivity index (χ1) is 16.2. The van der Waals surface area contributed by atoms with E-state index in [2.05, 4.69) is 30.7 Å². The molecule has 2 bridgehead atoms. The molecule has 5 rings (SSSR count). The minimum Gasteiger partial charge on any atom is -0.424 e. The van der Waals surface area contributed by atoms with E-state index in [0.717, 1.165) is 43.8 Å². The Kier molecular flexibility index (Phi) is 5.91. The average Bonchev–Trinajstić information content (AvgIpc) is 3.44. The smallest absolute Gasteiger partial charge is 0.416 e. The van der Waals surface area contributed by atoms with E-state index < -0.39 is 11.7 Å². The highest BCUT2D eigenvalue weighted by Crippen LogP contribution is 2.41. The third-order valence-electron chi connectivity index (χ3n) is 6.52. The van der Waals surface area contributed by atoms with Crippen LogP contribution in [0.3, 0.4) is 0 Å². The van der Waals surface area contributed by atoms with Crippen molar-refractivity contribution < 1.29 is 17.9 Å².